The number of rotatable bonds is 4. The molecule has 1 aliphatic heterocycles. The van der Waals surface area contributed by atoms with Crippen LogP contribution in [0.5, 0.6) is 0 Å². The predicted octanol–water partition coefficient (Wildman–Crippen LogP) is 0.0258. The minimum absolute atomic E-state index is 0.142. The van der Waals surface area contributed by atoms with Gasteiger partial charge in [-0.05, 0) is 24.1 Å². The second kappa shape index (κ2) is 6.50. The van der Waals surface area contributed by atoms with E-state index in [-0.39, 0.29) is 17.3 Å². The van der Waals surface area contributed by atoms with Crippen molar-refractivity contribution in [2.45, 2.75) is 17.7 Å². The van der Waals surface area contributed by atoms with Gasteiger partial charge in [-0.15, -0.1) is 0 Å². The van der Waals surface area contributed by atoms with E-state index in [9.17, 15) is 13.2 Å². The molecule has 2 rings (SSSR count). The lowest BCUT2D eigenvalue weighted by Gasteiger charge is -2.18. The van der Waals surface area contributed by atoms with Gasteiger partial charge in [-0.2, -0.15) is 4.31 Å². The van der Waals surface area contributed by atoms with Crippen molar-refractivity contribution in [2.75, 3.05) is 19.6 Å². The molecule has 0 bridgehead atoms. The molecule has 0 atom stereocenters. The summed E-state index contributed by atoms with van der Waals surface area (Å²) in [5, 5.41) is 2.66. The Morgan fingerprint density at radius 2 is 2.00 bits per heavy atom. The third-order valence-corrected chi connectivity index (χ3v) is 5.17. The van der Waals surface area contributed by atoms with Gasteiger partial charge in [0.2, 0.25) is 15.9 Å². The molecule has 0 saturated carbocycles. The number of benzene rings is 1. The second-order valence-corrected chi connectivity index (χ2v) is 7.29. The average molecular weight is 327 g/mol. The zero-order chi connectivity index (χ0) is 15.5. The molecule has 1 aliphatic rings. The Labute approximate surface area is 129 Å². The molecule has 6 nitrogen and oxygen atoms in total. The normalized spacial score (nSPS) is 17.0. The van der Waals surface area contributed by atoms with Gasteiger partial charge in [-0.3, -0.25) is 4.79 Å². The largest absolute Gasteiger partial charge is 0.393 e. The van der Waals surface area contributed by atoms with Crippen molar-refractivity contribution in [3.63, 3.8) is 0 Å². The number of amides is 1. The summed E-state index contributed by atoms with van der Waals surface area (Å²) in [7, 11) is -3.66. The van der Waals surface area contributed by atoms with Gasteiger partial charge in [-0.25, -0.2) is 8.42 Å². The maximum absolute atomic E-state index is 12.5. The molecule has 1 heterocycles. The fourth-order valence-corrected chi connectivity index (χ4v) is 3.71. The molecule has 1 fully saturated rings. The number of nitrogens with two attached hydrogens (primary N) is 1. The van der Waals surface area contributed by atoms with Crippen molar-refractivity contribution in [1.29, 1.82) is 0 Å². The molecule has 114 valence electrons. The van der Waals surface area contributed by atoms with Gasteiger partial charge in [-0.1, -0.05) is 24.4 Å². The molecule has 1 amide bonds. The first kappa shape index (κ1) is 15.9. The summed E-state index contributed by atoms with van der Waals surface area (Å²) in [6.07, 6.45) is 1.03. The average Bonchev–Trinajstić information content (AvgIpc) is 2.64. The van der Waals surface area contributed by atoms with Crippen LogP contribution in [0.3, 0.4) is 0 Å². The molecular formula is C13H17N3O3S2. The number of nitrogens with zero attached hydrogens (tertiary/aromatic N) is 1. The summed E-state index contributed by atoms with van der Waals surface area (Å²) in [6.45, 7) is 0.685. The second-order valence-electron chi connectivity index (χ2n) is 4.83. The highest BCUT2D eigenvalue weighted by Gasteiger charge is 2.27. The van der Waals surface area contributed by atoms with E-state index < -0.39 is 10.0 Å². The molecule has 1 aromatic rings. The van der Waals surface area contributed by atoms with E-state index in [0.717, 1.165) is 5.56 Å². The molecule has 0 aliphatic carbocycles. The van der Waals surface area contributed by atoms with Crippen LogP contribution in [0.1, 0.15) is 12.0 Å². The highest BCUT2D eigenvalue weighted by Crippen LogP contribution is 2.17. The number of hydrogen-bond donors (Lipinski definition) is 2. The molecule has 8 heteroatoms. The maximum atomic E-state index is 12.5. The van der Waals surface area contributed by atoms with Crippen molar-refractivity contribution < 1.29 is 13.2 Å². The van der Waals surface area contributed by atoms with Gasteiger partial charge >= 0.3 is 0 Å². The lowest BCUT2D eigenvalue weighted by atomic mass is 10.1. The van der Waals surface area contributed by atoms with Gasteiger partial charge < -0.3 is 11.1 Å². The van der Waals surface area contributed by atoms with Crippen LogP contribution in [0, 0.1) is 0 Å². The van der Waals surface area contributed by atoms with Gasteiger partial charge in [0.15, 0.2) is 0 Å². The van der Waals surface area contributed by atoms with E-state index in [1.165, 1.54) is 16.4 Å². The van der Waals surface area contributed by atoms with Crippen molar-refractivity contribution in [3.05, 3.63) is 29.8 Å². The minimum atomic E-state index is -3.66. The quantitative estimate of drug-likeness (QED) is 0.761. The number of nitrogens with one attached hydrogen (secondary N) is 1. The van der Waals surface area contributed by atoms with Crippen LogP contribution in [-0.4, -0.2) is 43.3 Å². The molecule has 1 aromatic carbocycles. The Kier molecular flexibility index (Phi) is 4.92. The maximum Gasteiger partial charge on any atom is 0.243 e. The molecular weight excluding hydrogens is 310 g/mol. The van der Waals surface area contributed by atoms with Crippen LogP contribution in [0.25, 0.3) is 0 Å². The molecule has 0 spiro atoms. The Morgan fingerprint density at radius 1 is 1.33 bits per heavy atom. The number of carbonyl (C=O) groups excluding carboxylic acids is 1. The van der Waals surface area contributed by atoms with Crippen LogP contribution in [0.4, 0.5) is 0 Å². The van der Waals surface area contributed by atoms with Crippen LogP contribution in [-0.2, 0) is 21.2 Å². The van der Waals surface area contributed by atoms with E-state index in [2.05, 4.69) is 5.32 Å². The summed E-state index contributed by atoms with van der Waals surface area (Å²) < 4.78 is 26.2. The molecule has 21 heavy (non-hydrogen) atoms. The van der Waals surface area contributed by atoms with Crippen LogP contribution in [0.15, 0.2) is 29.2 Å². The van der Waals surface area contributed by atoms with Gasteiger partial charge in [0.25, 0.3) is 0 Å². The highest BCUT2D eigenvalue weighted by atomic mass is 32.2. The summed E-state index contributed by atoms with van der Waals surface area (Å²) in [5.74, 6) is -0.277. The van der Waals surface area contributed by atoms with E-state index in [1.807, 2.05) is 0 Å². The molecule has 0 aromatic heterocycles. The zero-order valence-corrected chi connectivity index (χ0v) is 13.0. The lowest BCUT2D eigenvalue weighted by molar-refractivity contribution is -0.120. The SMILES string of the molecule is NC(=S)Cc1ccc(S(=O)(=O)N2CCCNC(=O)C2)cc1. The summed E-state index contributed by atoms with van der Waals surface area (Å²) in [5.41, 5.74) is 6.31. The molecule has 3 N–H and O–H groups in total. The van der Waals surface area contributed by atoms with Crippen LogP contribution >= 0.6 is 12.2 Å². The Morgan fingerprint density at radius 3 is 2.62 bits per heavy atom. The predicted molar refractivity (Wildman–Crippen MR) is 83.3 cm³/mol. The molecule has 0 radical (unpaired) electrons. The number of sulfonamides is 1. The van der Waals surface area contributed by atoms with E-state index in [1.54, 1.807) is 12.1 Å². The van der Waals surface area contributed by atoms with Crippen molar-refractivity contribution in [3.8, 4) is 0 Å². The third kappa shape index (κ3) is 3.99. The van der Waals surface area contributed by atoms with Crippen molar-refractivity contribution >= 4 is 33.1 Å². The van der Waals surface area contributed by atoms with Crippen LogP contribution < -0.4 is 11.1 Å². The summed E-state index contributed by atoms with van der Waals surface area (Å²) in [6, 6.07) is 6.41. The van der Waals surface area contributed by atoms with Gasteiger partial charge in [0.1, 0.15) is 0 Å². The van der Waals surface area contributed by atoms with E-state index >= 15 is 0 Å². The van der Waals surface area contributed by atoms with E-state index in [4.69, 9.17) is 18.0 Å². The third-order valence-electron chi connectivity index (χ3n) is 3.17. The molecule has 0 unspecified atom stereocenters. The fraction of sp³-hybridized carbons (Fsp3) is 0.385. The Balaban J connectivity index is 2.22. The monoisotopic (exact) mass is 327 g/mol. The topological polar surface area (TPSA) is 92.5 Å². The highest BCUT2D eigenvalue weighted by molar-refractivity contribution is 7.89. The number of hydrogen-bond acceptors (Lipinski definition) is 4. The molecule has 1 saturated heterocycles. The van der Waals surface area contributed by atoms with Gasteiger partial charge in [0, 0.05) is 19.5 Å². The first-order valence-corrected chi connectivity index (χ1v) is 8.38. The fourth-order valence-electron chi connectivity index (χ4n) is 2.11. The van der Waals surface area contributed by atoms with Crippen molar-refractivity contribution in [2.24, 2.45) is 5.73 Å². The van der Waals surface area contributed by atoms with Crippen LogP contribution in [0.2, 0.25) is 0 Å². The standard InChI is InChI=1S/C13H17N3O3S2/c14-12(20)8-10-2-4-11(5-3-10)21(18,19)16-7-1-6-15-13(17)9-16/h2-5H,1,6-9H2,(H2,14,20)(H,15,17). The first-order chi connectivity index (χ1) is 9.89. The lowest BCUT2D eigenvalue weighted by Crippen LogP contribution is -2.37. The number of thiocarbonyl (C=S) groups is 1. The Bertz CT molecular complexity index is 641. The summed E-state index contributed by atoms with van der Waals surface area (Å²) >= 11 is 4.82. The smallest absolute Gasteiger partial charge is 0.243 e. The minimum Gasteiger partial charge on any atom is -0.393 e. The van der Waals surface area contributed by atoms with Crippen molar-refractivity contribution in [1.82, 2.24) is 9.62 Å². The first-order valence-electron chi connectivity index (χ1n) is 6.53. The van der Waals surface area contributed by atoms with Gasteiger partial charge in [0.05, 0.1) is 16.4 Å². The zero-order valence-electron chi connectivity index (χ0n) is 11.4. The van der Waals surface area contributed by atoms with E-state index in [0.29, 0.717) is 30.9 Å². The number of carbonyl (C=O) groups is 1. The Hall–Kier alpha value is -1.51. The summed E-state index contributed by atoms with van der Waals surface area (Å²) in [4.78, 5) is 12.0.